The molecule has 2 heterocycles. The number of amides is 2. The molecule has 0 aliphatic carbocycles. The molecule has 1 saturated heterocycles. The van der Waals surface area contributed by atoms with Crippen LogP contribution >= 0.6 is 0 Å². The molecule has 36 heavy (non-hydrogen) atoms. The summed E-state index contributed by atoms with van der Waals surface area (Å²) in [6.45, 7) is 2.73. The largest absolute Gasteiger partial charge is 0.446 e. The van der Waals surface area contributed by atoms with Gasteiger partial charge in [0.25, 0.3) is 5.91 Å². The monoisotopic (exact) mass is 493 g/mol. The van der Waals surface area contributed by atoms with Crippen molar-refractivity contribution in [2.75, 3.05) is 20.2 Å². The van der Waals surface area contributed by atoms with E-state index in [0.717, 1.165) is 23.1 Å². The molecule has 1 aromatic heterocycles. The number of aliphatic hydroxyl groups is 1. The summed E-state index contributed by atoms with van der Waals surface area (Å²) >= 11 is 0. The van der Waals surface area contributed by atoms with Crippen molar-refractivity contribution in [1.82, 2.24) is 15.2 Å². The molecule has 2 unspecified atom stereocenters. The maximum Gasteiger partial charge on any atom is 0.410 e. The summed E-state index contributed by atoms with van der Waals surface area (Å²) in [6.07, 6.45) is 4.95. The fourth-order valence-corrected chi connectivity index (χ4v) is 3.93. The van der Waals surface area contributed by atoms with E-state index < -0.39 is 0 Å². The first kappa shape index (κ1) is 26.8. The first-order valence-corrected chi connectivity index (χ1v) is 12.0. The van der Waals surface area contributed by atoms with E-state index in [1.807, 2.05) is 31.2 Å². The summed E-state index contributed by atoms with van der Waals surface area (Å²) in [7, 11) is 1.59. The molecule has 190 valence electrons. The van der Waals surface area contributed by atoms with Gasteiger partial charge in [-0.2, -0.15) is 0 Å². The van der Waals surface area contributed by atoms with E-state index in [0.29, 0.717) is 24.9 Å². The van der Waals surface area contributed by atoms with Gasteiger partial charge in [-0.15, -0.1) is 0 Å². The Kier molecular flexibility index (Phi) is 9.94. The van der Waals surface area contributed by atoms with Gasteiger partial charge in [-0.25, -0.2) is 9.18 Å². The molecule has 1 aliphatic heterocycles. The van der Waals surface area contributed by atoms with Crippen molar-refractivity contribution in [3.05, 3.63) is 90.0 Å². The quantitative estimate of drug-likeness (QED) is 0.485. The molecule has 0 spiro atoms. The van der Waals surface area contributed by atoms with Crippen molar-refractivity contribution in [2.45, 2.75) is 38.3 Å². The molecule has 2 aromatic carbocycles. The lowest BCUT2D eigenvalue weighted by Crippen LogP contribution is -2.43. The van der Waals surface area contributed by atoms with Crippen molar-refractivity contribution < 1.29 is 23.8 Å². The molecule has 0 bridgehead atoms. The van der Waals surface area contributed by atoms with Crippen LogP contribution in [0.15, 0.2) is 73.1 Å². The van der Waals surface area contributed by atoms with Crippen molar-refractivity contribution >= 4 is 12.0 Å². The average molecular weight is 494 g/mol. The fourth-order valence-electron chi connectivity index (χ4n) is 3.93. The lowest BCUT2D eigenvalue weighted by atomic mass is 10.00. The highest BCUT2D eigenvalue weighted by molar-refractivity contribution is 5.94. The molecule has 0 radical (unpaired) electrons. The molecule has 2 atom stereocenters. The predicted octanol–water partition coefficient (Wildman–Crippen LogP) is 4.98. The number of pyridine rings is 1. The second-order valence-corrected chi connectivity index (χ2v) is 8.49. The lowest BCUT2D eigenvalue weighted by Gasteiger charge is -2.35. The van der Waals surface area contributed by atoms with Crippen LogP contribution in [0.5, 0.6) is 0 Å². The lowest BCUT2D eigenvalue weighted by molar-refractivity contribution is 0.00760. The molecule has 2 N–H and O–H groups in total. The third-order valence-corrected chi connectivity index (χ3v) is 6.03. The van der Waals surface area contributed by atoms with Gasteiger partial charge in [0.15, 0.2) is 0 Å². The highest BCUT2D eigenvalue weighted by atomic mass is 19.1. The number of nitrogens with one attached hydrogen (secondary N) is 1. The standard InChI is InChI=1S/C22H27N3O4.C6H5F/c1-15(25-10-9-20(4-3-11-26)29-22(25)28)16-5-7-17(8-6-16)18-12-19(14-24-13-18)21(27)23-2;7-6-4-2-1-3-5-6/h5-8,12-15,20,26H,3-4,9-11H2,1-2H3,(H,23,27);1-5H. The number of halogens is 1. The minimum Gasteiger partial charge on any atom is -0.446 e. The first-order chi connectivity index (χ1) is 17.4. The minimum atomic E-state index is -0.307. The number of cyclic esters (lactones) is 1. The van der Waals surface area contributed by atoms with Crippen LogP contribution in [-0.4, -0.2) is 53.3 Å². The van der Waals surface area contributed by atoms with Crippen LogP contribution < -0.4 is 5.32 Å². The van der Waals surface area contributed by atoms with Crippen LogP contribution in [0.1, 0.15) is 48.1 Å². The van der Waals surface area contributed by atoms with E-state index >= 15 is 0 Å². The minimum absolute atomic E-state index is 0.106. The third kappa shape index (κ3) is 7.36. The van der Waals surface area contributed by atoms with Crippen molar-refractivity contribution in [1.29, 1.82) is 0 Å². The summed E-state index contributed by atoms with van der Waals surface area (Å²) in [5.41, 5.74) is 3.32. The number of carbonyl (C=O) groups excluding carboxylic acids is 2. The van der Waals surface area contributed by atoms with E-state index in [1.54, 1.807) is 42.4 Å². The highest BCUT2D eigenvalue weighted by Crippen LogP contribution is 2.28. The Labute approximate surface area is 210 Å². The van der Waals surface area contributed by atoms with Gasteiger partial charge in [0.2, 0.25) is 0 Å². The number of aliphatic hydroxyl groups excluding tert-OH is 1. The van der Waals surface area contributed by atoms with Gasteiger partial charge in [-0.3, -0.25) is 9.78 Å². The van der Waals surface area contributed by atoms with Gasteiger partial charge >= 0.3 is 6.09 Å². The fraction of sp³-hybridized carbons (Fsp3) is 0.321. The zero-order chi connectivity index (χ0) is 25.9. The van der Waals surface area contributed by atoms with E-state index in [2.05, 4.69) is 10.3 Å². The van der Waals surface area contributed by atoms with Crippen LogP contribution in [0.25, 0.3) is 11.1 Å². The molecular formula is C28H32FN3O4. The maximum absolute atomic E-state index is 12.4. The zero-order valence-electron chi connectivity index (χ0n) is 20.6. The molecule has 7 nitrogen and oxygen atoms in total. The van der Waals surface area contributed by atoms with Gasteiger partial charge in [0.05, 0.1) is 11.6 Å². The van der Waals surface area contributed by atoms with Crippen LogP contribution in [0.3, 0.4) is 0 Å². The molecule has 1 aliphatic rings. The normalized spacial score (nSPS) is 15.8. The average Bonchev–Trinajstić information content (AvgIpc) is 2.92. The van der Waals surface area contributed by atoms with Crippen LogP contribution in [0.2, 0.25) is 0 Å². The summed E-state index contributed by atoms with van der Waals surface area (Å²) < 4.78 is 17.4. The van der Waals surface area contributed by atoms with Crippen molar-refractivity contribution in [3.63, 3.8) is 0 Å². The SMILES string of the molecule is CNC(=O)c1cncc(-c2ccc(C(C)N3CCC(CCCO)OC3=O)cc2)c1.Fc1ccccc1. The van der Waals surface area contributed by atoms with E-state index in [4.69, 9.17) is 9.84 Å². The zero-order valence-corrected chi connectivity index (χ0v) is 20.6. The number of carbonyl (C=O) groups is 2. The van der Waals surface area contributed by atoms with Crippen LogP contribution in [0, 0.1) is 5.82 Å². The summed E-state index contributed by atoms with van der Waals surface area (Å²) in [6, 6.07) is 17.5. The highest BCUT2D eigenvalue weighted by Gasteiger charge is 2.30. The van der Waals surface area contributed by atoms with E-state index in [9.17, 15) is 14.0 Å². The van der Waals surface area contributed by atoms with Crippen molar-refractivity contribution in [2.24, 2.45) is 0 Å². The molecule has 4 rings (SSSR count). The Balaban J connectivity index is 0.000000444. The van der Waals surface area contributed by atoms with Crippen LogP contribution in [-0.2, 0) is 4.74 Å². The number of ether oxygens (including phenoxy) is 1. The summed E-state index contributed by atoms with van der Waals surface area (Å²) in [5.74, 6) is -0.354. The predicted molar refractivity (Wildman–Crippen MR) is 136 cm³/mol. The smallest absolute Gasteiger partial charge is 0.410 e. The molecule has 3 aromatic rings. The van der Waals surface area contributed by atoms with Gasteiger partial charge in [0.1, 0.15) is 11.9 Å². The Hall–Kier alpha value is -3.78. The molecule has 8 heteroatoms. The summed E-state index contributed by atoms with van der Waals surface area (Å²) in [5, 5.41) is 11.5. The molecule has 0 saturated carbocycles. The second-order valence-electron chi connectivity index (χ2n) is 8.49. The molecule has 2 amide bonds. The molecular weight excluding hydrogens is 461 g/mol. The van der Waals surface area contributed by atoms with Crippen molar-refractivity contribution in [3.8, 4) is 11.1 Å². The van der Waals surface area contributed by atoms with E-state index in [-0.39, 0.29) is 36.6 Å². The topological polar surface area (TPSA) is 91.8 Å². The van der Waals surface area contributed by atoms with Crippen LogP contribution in [0.4, 0.5) is 9.18 Å². The van der Waals surface area contributed by atoms with Gasteiger partial charge < -0.3 is 20.1 Å². The summed E-state index contributed by atoms with van der Waals surface area (Å²) in [4.78, 5) is 30.1. The Bertz CT molecular complexity index is 1130. The maximum atomic E-state index is 12.4. The third-order valence-electron chi connectivity index (χ3n) is 6.03. The Morgan fingerprint density at radius 1 is 1.17 bits per heavy atom. The number of hydrogen-bond acceptors (Lipinski definition) is 5. The number of aromatic nitrogens is 1. The van der Waals surface area contributed by atoms with E-state index in [1.165, 1.54) is 18.3 Å². The van der Waals surface area contributed by atoms with Gasteiger partial charge in [0, 0.05) is 44.6 Å². The number of nitrogens with zero attached hydrogens (tertiary/aromatic N) is 2. The number of hydrogen-bond donors (Lipinski definition) is 2. The van der Waals surface area contributed by atoms with Gasteiger partial charge in [-0.1, -0.05) is 42.5 Å². The molecule has 1 fully saturated rings. The Morgan fingerprint density at radius 2 is 1.89 bits per heavy atom. The van der Waals surface area contributed by atoms with Gasteiger partial charge in [-0.05, 0) is 49.1 Å². The number of rotatable bonds is 7. The number of benzene rings is 2. The second kappa shape index (κ2) is 13.3. The first-order valence-electron chi connectivity index (χ1n) is 12.0. The Morgan fingerprint density at radius 3 is 2.47 bits per heavy atom.